The predicted molar refractivity (Wildman–Crippen MR) is 100 cm³/mol. The van der Waals surface area contributed by atoms with Gasteiger partial charge in [0.15, 0.2) is 0 Å². The molecule has 0 saturated carbocycles. The Bertz CT molecular complexity index is 1070. The fourth-order valence-corrected chi connectivity index (χ4v) is 4.20. The van der Waals surface area contributed by atoms with Gasteiger partial charge in [-0.2, -0.15) is 0 Å². The van der Waals surface area contributed by atoms with Crippen LogP contribution in [0.4, 0.5) is 11.4 Å². The van der Waals surface area contributed by atoms with Crippen LogP contribution in [-0.4, -0.2) is 24.8 Å². The molecule has 4 rings (SSSR count). The van der Waals surface area contributed by atoms with Crippen LogP contribution in [0.5, 0.6) is 0 Å². The second-order valence-corrected chi connectivity index (χ2v) is 7.89. The highest BCUT2D eigenvalue weighted by Gasteiger charge is 2.21. The first kappa shape index (κ1) is 16.4. The quantitative estimate of drug-likeness (QED) is 0.743. The number of nitrogens with zero attached hydrogens (tertiary/aromatic N) is 1. The van der Waals surface area contributed by atoms with Crippen LogP contribution in [0, 0.1) is 0 Å². The van der Waals surface area contributed by atoms with Gasteiger partial charge in [-0.15, -0.1) is 0 Å². The van der Waals surface area contributed by atoms with E-state index >= 15 is 0 Å². The molecule has 2 N–H and O–H groups in total. The number of anilines is 2. The van der Waals surface area contributed by atoms with E-state index in [0.717, 1.165) is 28.2 Å². The first-order valence-corrected chi connectivity index (χ1v) is 9.65. The van der Waals surface area contributed by atoms with E-state index < -0.39 is 10.0 Å². The van der Waals surface area contributed by atoms with Gasteiger partial charge in [0.2, 0.25) is 0 Å². The number of amides is 1. The predicted octanol–water partition coefficient (Wildman–Crippen LogP) is 2.95. The molecular formula is C19H17N3O3S. The van der Waals surface area contributed by atoms with Crippen molar-refractivity contribution in [3.8, 4) is 0 Å². The summed E-state index contributed by atoms with van der Waals surface area (Å²) in [6.45, 7) is 0.812. The summed E-state index contributed by atoms with van der Waals surface area (Å²) < 4.78 is 26.8. The minimum Gasteiger partial charge on any atom is -0.384 e. The first-order chi connectivity index (χ1) is 12.5. The van der Waals surface area contributed by atoms with Crippen molar-refractivity contribution in [3.63, 3.8) is 0 Å². The second-order valence-electron chi connectivity index (χ2n) is 6.05. The van der Waals surface area contributed by atoms with Gasteiger partial charge in [-0.3, -0.25) is 4.79 Å². The number of nitrogens with one attached hydrogen (secondary N) is 2. The summed E-state index contributed by atoms with van der Waals surface area (Å²) >= 11 is 0. The standard InChI is InChI=1S/C19H17N3O3S/c23-19(21-16-4-2-1-3-5-16)15-9-11-22(13-15)26(24,25)17-6-7-18-14(12-17)8-10-20-18/h1-7,9,11-13,20H,8,10H2,(H,21,23). The number of benzene rings is 2. The highest BCUT2D eigenvalue weighted by molar-refractivity contribution is 7.90. The summed E-state index contributed by atoms with van der Waals surface area (Å²) in [6, 6.07) is 15.6. The Morgan fingerprint density at radius 2 is 1.88 bits per heavy atom. The van der Waals surface area contributed by atoms with Gasteiger partial charge in [0.05, 0.1) is 10.5 Å². The molecule has 7 heteroatoms. The third kappa shape index (κ3) is 2.97. The van der Waals surface area contributed by atoms with E-state index in [9.17, 15) is 13.2 Å². The summed E-state index contributed by atoms with van der Waals surface area (Å²) in [5.41, 5.74) is 2.89. The lowest BCUT2D eigenvalue weighted by Gasteiger charge is -2.08. The van der Waals surface area contributed by atoms with Gasteiger partial charge in [-0.1, -0.05) is 18.2 Å². The first-order valence-electron chi connectivity index (χ1n) is 8.21. The van der Waals surface area contributed by atoms with E-state index in [0.29, 0.717) is 5.69 Å². The highest BCUT2D eigenvalue weighted by atomic mass is 32.2. The summed E-state index contributed by atoms with van der Waals surface area (Å²) in [5.74, 6) is -0.358. The zero-order valence-electron chi connectivity index (χ0n) is 13.8. The molecule has 0 fully saturated rings. The molecule has 0 aliphatic carbocycles. The summed E-state index contributed by atoms with van der Waals surface area (Å²) in [7, 11) is -3.74. The van der Waals surface area contributed by atoms with Gasteiger partial charge in [0, 0.05) is 30.3 Å². The Labute approximate surface area is 151 Å². The molecule has 0 saturated heterocycles. The molecule has 1 aliphatic rings. The molecule has 0 radical (unpaired) electrons. The number of aromatic nitrogens is 1. The largest absolute Gasteiger partial charge is 0.384 e. The van der Waals surface area contributed by atoms with Crippen LogP contribution in [0.25, 0.3) is 0 Å². The molecule has 2 heterocycles. The molecule has 0 spiro atoms. The van der Waals surface area contributed by atoms with Crippen molar-refractivity contribution in [2.24, 2.45) is 0 Å². The van der Waals surface area contributed by atoms with Crippen LogP contribution in [-0.2, 0) is 16.4 Å². The van der Waals surface area contributed by atoms with Crippen LogP contribution in [0.1, 0.15) is 15.9 Å². The van der Waals surface area contributed by atoms with Gasteiger partial charge in [0.25, 0.3) is 15.9 Å². The number of hydrogen-bond acceptors (Lipinski definition) is 4. The molecule has 26 heavy (non-hydrogen) atoms. The number of carbonyl (C=O) groups is 1. The molecule has 0 unspecified atom stereocenters. The fourth-order valence-electron chi connectivity index (χ4n) is 2.95. The Morgan fingerprint density at radius 1 is 1.08 bits per heavy atom. The second kappa shape index (κ2) is 6.34. The number of rotatable bonds is 4. The summed E-state index contributed by atoms with van der Waals surface area (Å²) in [5, 5.41) is 5.95. The van der Waals surface area contributed by atoms with Crippen molar-refractivity contribution in [3.05, 3.63) is 78.1 Å². The number of fused-ring (bicyclic) bond motifs is 1. The van der Waals surface area contributed by atoms with E-state index in [-0.39, 0.29) is 16.4 Å². The molecule has 1 aliphatic heterocycles. The molecule has 132 valence electrons. The van der Waals surface area contributed by atoms with Crippen molar-refractivity contribution < 1.29 is 13.2 Å². The van der Waals surface area contributed by atoms with Crippen LogP contribution < -0.4 is 10.6 Å². The Hall–Kier alpha value is -3.06. The van der Waals surface area contributed by atoms with E-state index in [1.165, 1.54) is 18.5 Å². The Morgan fingerprint density at radius 3 is 2.69 bits per heavy atom. The van der Waals surface area contributed by atoms with E-state index in [1.807, 2.05) is 18.2 Å². The molecule has 2 aromatic carbocycles. The highest BCUT2D eigenvalue weighted by Crippen LogP contribution is 2.26. The lowest BCUT2D eigenvalue weighted by atomic mass is 10.2. The average molecular weight is 367 g/mol. The molecular weight excluding hydrogens is 350 g/mol. The molecule has 1 amide bonds. The maximum absolute atomic E-state index is 12.8. The number of hydrogen-bond donors (Lipinski definition) is 2. The lowest BCUT2D eigenvalue weighted by molar-refractivity contribution is 0.102. The maximum atomic E-state index is 12.8. The van der Waals surface area contributed by atoms with Gasteiger partial charge in [0.1, 0.15) is 0 Å². The van der Waals surface area contributed by atoms with Crippen LogP contribution in [0.3, 0.4) is 0 Å². The topological polar surface area (TPSA) is 80.2 Å². The van der Waals surface area contributed by atoms with E-state index in [4.69, 9.17) is 0 Å². The lowest BCUT2D eigenvalue weighted by Crippen LogP contribution is -2.13. The minimum atomic E-state index is -3.74. The Balaban J connectivity index is 1.59. The van der Waals surface area contributed by atoms with Gasteiger partial charge >= 0.3 is 0 Å². The van der Waals surface area contributed by atoms with Crippen LogP contribution >= 0.6 is 0 Å². The van der Waals surface area contributed by atoms with Gasteiger partial charge in [-0.25, -0.2) is 12.4 Å². The molecule has 6 nitrogen and oxygen atoms in total. The monoisotopic (exact) mass is 367 g/mol. The normalized spacial score (nSPS) is 13.1. The molecule has 0 atom stereocenters. The molecule has 1 aromatic heterocycles. The fraction of sp³-hybridized carbons (Fsp3) is 0.105. The molecule has 0 bridgehead atoms. The van der Waals surface area contributed by atoms with E-state index in [2.05, 4.69) is 10.6 Å². The Kier molecular flexibility index (Phi) is 4.00. The van der Waals surface area contributed by atoms with E-state index in [1.54, 1.807) is 30.3 Å². The van der Waals surface area contributed by atoms with Crippen molar-refractivity contribution in [2.75, 3.05) is 17.2 Å². The van der Waals surface area contributed by atoms with Crippen molar-refractivity contribution in [2.45, 2.75) is 11.3 Å². The van der Waals surface area contributed by atoms with Crippen LogP contribution in [0.2, 0.25) is 0 Å². The molecule has 3 aromatic rings. The number of para-hydroxylation sites is 1. The number of carbonyl (C=O) groups excluding carboxylic acids is 1. The minimum absolute atomic E-state index is 0.213. The SMILES string of the molecule is O=C(Nc1ccccc1)c1ccn(S(=O)(=O)c2ccc3c(c2)CCN3)c1. The zero-order chi connectivity index (χ0) is 18.1. The summed E-state index contributed by atoms with van der Waals surface area (Å²) in [4.78, 5) is 12.5. The maximum Gasteiger partial charge on any atom is 0.267 e. The third-order valence-corrected chi connectivity index (χ3v) is 5.95. The van der Waals surface area contributed by atoms with Crippen molar-refractivity contribution in [1.82, 2.24) is 3.97 Å². The van der Waals surface area contributed by atoms with Crippen molar-refractivity contribution >= 4 is 27.3 Å². The van der Waals surface area contributed by atoms with Crippen molar-refractivity contribution in [1.29, 1.82) is 0 Å². The average Bonchev–Trinajstić information content (AvgIpc) is 3.31. The van der Waals surface area contributed by atoms with Crippen LogP contribution in [0.15, 0.2) is 71.9 Å². The van der Waals surface area contributed by atoms with Gasteiger partial charge in [-0.05, 0) is 48.4 Å². The summed E-state index contributed by atoms with van der Waals surface area (Å²) in [6.07, 6.45) is 3.52. The smallest absolute Gasteiger partial charge is 0.267 e. The zero-order valence-corrected chi connectivity index (χ0v) is 14.7. The van der Waals surface area contributed by atoms with Gasteiger partial charge < -0.3 is 10.6 Å². The third-order valence-electron chi connectivity index (χ3n) is 4.32.